The summed E-state index contributed by atoms with van der Waals surface area (Å²) in [5.74, 6) is 1.02. The topological polar surface area (TPSA) is 60.2 Å². The zero-order chi connectivity index (χ0) is 20.4. The van der Waals surface area contributed by atoms with Gasteiger partial charge in [0, 0.05) is 37.2 Å². The Morgan fingerprint density at radius 2 is 2.14 bits per heavy atom. The summed E-state index contributed by atoms with van der Waals surface area (Å²) < 4.78 is 21.1. The van der Waals surface area contributed by atoms with Crippen molar-refractivity contribution in [1.29, 1.82) is 0 Å². The largest absolute Gasteiger partial charge is 0.497 e. The van der Waals surface area contributed by atoms with E-state index in [1.165, 1.54) is 19.2 Å². The Bertz CT molecular complexity index is 992. The number of aromatic nitrogens is 3. The molecule has 0 N–H and O–H groups in total. The molecule has 150 valence electrons. The second kappa shape index (κ2) is 8.13. The number of nitrogens with zero attached hydrogens (tertiary/aromatic N) is 4. The van der Waals surface area contributed by atoms with E-state index in [-0.39, 0.29) is 23.8 Å². The molecule has 3 atom stereocenters. The van der Waals surface area contributed by atoms with Crippen molar-refractivity contribution in [2.45, 2.75) is 32.0 Å². The Balaban J connectivity index is 1.67. The van der Waals surface area contributed by atoms with Crippen molar-refractivity contribution in [2.75, 3.05) is 7.11 Å². The van der Waals surface area contributed by atoms with Gasteiger partial charge in [-0.25, -0.2) is 14.1 Å². The first-order valence-electron chi connectivity index (χ1n) is 9.59. The molecule has 4 rings (SSSR count). The highest BCUT2D eigenvalue weighted by molar-refractivity contribution is 5.59. The highest BCUT2D eigenvalue weighted by Crippen LogP contribution is 2.41. The first kappa shape index (κ1) is 19.3. The van der Waals surface area contributed by atoms with Gasteiger partial charge in [-0.15, -0.1) is 0 Å². The molecule has 2 aromatic heterocycles. The summed E-state index contributed by atoms with van der Waals surface area (Å²) in [5, 5.41) is 4.22. The van der Waals surface area contributed by atoms with Crippen LogP contribution in [-0.2, 0) is 11.3 Å². The lowest BCUT2D eigenvalue weighted by atomic mass is 9.98. The summed E-state index contributed by atoms with van der Waals surface area (Å²) in [6.45, 7) is 2.61. The van der Waals surface area contributed by atoms with Crippen molar-refractivity contribution in [3.8, 4) is 11.6 Å². The van der Waals surface area contributed by atoms with Gasteiger partial charge in [0.25, 0.3) is 0 Å². The summed E-state index contributed by atoms with van der Waals surface area (Å²) in [5.41, 5.74) is 1.83. The minimum atomic E-state index is -0.341. The van der Waals surface area contributed by atoms with Crippen LogP contribution in [0, 0.1) is 11.7 Å². The third-order valence-electron chi connectivity index (χ3n) is 5.53. The SMILES string of the molecule is COc1cc(F)cc(C2CC(C)C(C=O)N2Cc2ccnc(-n3cccn3)c2)c1. The standard InChI is InChI=1S/C22H23FN4O2/c1-15-8-20(17-10-18(23)12-19(11-17)29-2)26(21(15)14-28)13-16-4-6-24-22(9-16)27-7-3-5-25-27/h3-7,9-12,14-15,20-21H,8,13H2,1-2H3. The Hall–Kier alpha value is -3.06. The molecule has 6 nitrogen and oxygen atoms in total. The molecule has 0 bridgehead atoms. The lowest BCUT2D eigenvalue weighted by molar-refractivity contribution is -0.113. The minimum absolute atomic E-state index is 0.0777. The Kier molecular flexibility index (Phi) is 5.40. The summed E-state index contributed by atoms with van der Waals surface area (Å²) in [6, 6.07) is 10.2. The van der Waals surface area contributed by atoms with Crippen molar-refractivity contribution in [1.82, 2.24) is 19.7 Å². The summed E-state index contributed by atoms with van der Waals surface area (Å²) in [6.07, 6.45) is 7.04. The molecule has 0 amide bonds. The van der Waals surface area contributed by atoms with Crippen LogP contribution in [0.5, 0.6) is 5.75 Å². The quantitative estimate of drug-likeness (QED) is 0.598. The second-order valence-corrected chi connectivity index (χ2v) is 7.43. The van der Waals surface area contributed by atoms with Crippen molar-refractivity contribution < 1.29 is 13.9 Å². The van der Waals surface area contributed by atoms with E-state index in [1.807, 2.05) is 30.5 Å². The first-order valence-corrected chi connectivity index (χ1v) is 9.59. The number of rotatable bonds is 6. The minimum Gasteiger partial charge on any atom is -0.497 e. The highest BCUT2D eigenvalue weighted by atomic mass is 19.1. The van der Waals surface area contributed by atoms with Crippen LogP contribution < -0.4 is 4.74 Å². The average Bonchev–Trinajstić information content (AvgIpc) is 3.36. The molecule has 3 heterocycles. The lowest BCUT2D eigenvalue weighted by Gasteiger charge is -2.28. The van der Waals surface area contributed by atoms with Gasteiger partial charge in [-0.1, -0.05) is 6.92 Å². The molecule has 0 aliphatic carbocycles. The fourth-order valence-corrected chi connectivity index (χ4v) is 4.11. The van der Waals surface area contributed by atoms with Crippen LogP contribution in [0.2, 0.25) is 0 Å². The number of carbonyl (C=O) groups excluding carboxylic acids is 1. The maximum atomic E-state index is 14.1. The first-order chi connectivity index (χ1) is 14.1. The molecule has 1 aromatic carbocycles. The molecule has 0 spiro atoms. The number of hydrogen-bond donors (Lipinski definition) is 0. The highest BCUT2D eigenvalue weighted by Gasteiger charge is 2.39. The van der Waals surface area contributed by atoms with E-state index in [0.717, 1.165) is 23.8 Å². The summed E-state index contributed by atoms with van der Waals surface area (Å²) in [7, 11) is 1.52. The summed E-state index contributed by atoms with van der Waals surface area (Å²) >= 11 is 0. The lowest BCUT2D eigenvalue weighted by Crippen LogP contribution is -2.34. The van der Waals surface area contributed by atoms with Crippen LogP contribution in [0.3, 0.4) is 0 Å². The molecular weight excluding hydrogens is 371 g/mol. The zero-order valence-corrected chi connectivity index (χ0v) is 16.4. The predicted octanol–water partition coefficient (Wildman–Crippen LogP) is 3.57. The van der Waals surface area contributed by atoms with Crippen LogP contribution >= 0.6 is 0 Å². The van der Waals surface area contributed by atoms with E-state index in [0.29, 0.717) is 18.1 Å². The van der Waals surface area contributed by atoms with E-state index in [1.54, 1.807) is 17.1 Å². The predicted molar refractivity (Wildman–Crippen MR) is 106 cm³/mol. The van der Waals surface area contributed by atoms with E-state index in [9.17, 15) is 9.18 Å². The second-order valence-electron chi connectivity index (χ2n) is 7.43. The molecule has 3 unspecified atom stereocenters. The van der Waals surface area contributed by atoms with Crippen molar-refractivity contribution in [2.24, 2.45) is 5.92 Å². The van der Waals surface area contributed by atoms with Gasteiger partial charge in [0.2, 0.25) is 0 Å². The third-order valence-corrected chi connectivity index (χ3v) is 5.53. The van der Waals surface area contributed by atoms with E-state index >= 15 is 0 Å². The Morgan fingerprint density at radius 1 is 1.28 bits per heavy atom. The number of pyridine rings is 1. The number of likely N-dealkylation sites (tertiary alicyclic amines) is 1. The van der Waals surface area contributed by atoms with Gasteiger partial charge in [-0.3, -0.25) is 4.90 Å². The van der Waals surface area contributed by atoms with Gasteiger partial charge in [0.05, 0.1) is 13.2 Å². The maximum absolute atomic E-state index is 14.1. The van der Waals surface area contributed by atoms with Crippen LogP contribution in [0.15, 0.2) is 55.0 Å². The van der Waals surface area contributed by atoms with E-state index in [4.69, 9.17) is 4.74 Å². The molecule has 29 heavy (non-hydrogen) atoms. The van der Waals surface area contributed by atoms with Crippen molar-refractivity contribution in [3.05, 3.63) is 71.9 Å². The molecule has 1 aliphatic rings. The fourth-order valence-electron chi connectivity index (χ4n) is 4.11. The molecule has 1 fully saturated rings. The number of aldehydes is 1. The number of benzene rings is 1. The fraction of sp³-hybridized carbons (Fsp3) is 0.318. The Labute approximate surface area is 168 Å². The number of carbonyl (C=O) groups is 1. The molecule has 0 saturated carbocycles. The normalized spacial score (nSPS) is 22.0. The zero-order valence-electron chi connectivity index (χ0n) is 16.4. The van der Waals surface area contributed by atoms with Crippen LogP contribution in [0.25, 0.3) is 5.82 Å². The van der Waals surface area contributed by atoms with Gasteiger partial charge in [-0.05, 0) is 53.8 Å². The van der Waals surface area contributed by atoms with Gasteiger partial charge < -0.3 is 9.53 Å². The number of hydrogen-bond acceptors (Lipinski definition) is 5. The number of methoxy groups -OCH3 is 1. The van der Waals surface area contributed by atoms with E-state index < -0.39 is 0 Å². The number of halogens is 1. The number of ether oxygens (including phenoxy) is 1. The van der Waals surface area contributed by atoms with Crippen LogP contribution in [0.4, 0.5) is 4.39 Å². The van der Waals surface area contributed by atoms with Crippen LogP contribution in [0.1, 0.15) is 30.5 Å². The maximum Gasteiger partial charge on any atom is 0.153 e. The molecule has 3 aromatic rings. The van der Waals surface area contributed by atoms with Gasteiger partial charge >= 0.3 is 0 Å². The molecule has 7 heteroatoms. The molecule has 1 saturated heterocycles. The van der Waals surface area contributed by atoms with Crippen molar-refractivity contribution in [3.63, 3.8) is 0 Å². The van der Waals surface area contributed by atoms with Gasteiger partial charge in [0.15, 0.2) is 5.82 Å². The van der Waals surface area contributed by atoms with E-state index in [2.05, 4.69) is 21.9 Å². The summed E-state index contributed by atoms with van der Waals surface area (Å²) in [4.78, 5) is 18.4. The van der Waals surface area contributed by atoms with Gasteiger partial charge in [0.1, 0.15) is 17.9 Å². The smallest absolute Gasteiger partial charge is 0.153 e. The molecular formula is C22H23FN4O2. The molecule has 0 radical (unpaired) electrons. The van der Waals surface area contributed by atoms with Gasteiger partial charge in [-0.2, -0.15) is 5.10 Å². The average molecular weight is 394 g/mol. The molecule has 1 aliphatic heterocycles. The van der Waals surface area contributed by atoms with Crippen molar-refractivity contribution >= 4 is 6.29 Å². The third kappa shape index (κ3) is 3.91. The van der Waals surface area contributed by atoms with Crippen LogP contribution in [-0.4, -0.2) is 39.1 Å². The monoisotopic (exact) mass is 394 g/mol. The Morgan fingerprint density at radius 3 is 2.86 bits per heavy atom.